The summed E-state index contributed by atoms with van der Waals surface area (Å²) in [5.74, 6) is 0. The van der Waals surface area contributed by atoms with Crippen molar-refractivity contribution in [3.8, 4) is 11.1 Å². The number of benzene rings is 5. The van der Waals surface area contributed by atoms with Crippen LogP contribution in [0.15, 0.2) is 97.1 Å². The Morgan fingerprint density at radius 1 is 0.500 bits per heavy atom. The van der Waals surface area contributed by atoms with Crippen LogP contribution in [0.25, 0.3) is 54.5 Å². The van der Waals surface area contributed by atoms with Crippen molar-refractivity contribution in [2.45, 2.75) is 0 Å². The maximum atomic E-state index is 2.33. The Labute approximate surface area is 163 Å². The molecule has 6 aromatic rings. The molecule has 0 spiro atoms. The number of hydrogen-bond donors (Lipinski definition) is 0. The zero-order chi connectivity index (χ0) is 18.7. The van der Waals surface area contributed by atoms with E-state index in [0.717, 1.165) is 0 Å². The van der Waals surface area contributed by atoms with E-state index in [1.165, 1.54) is 54.5 Å². The molecule has 0 amide bonds. The third-order valence-electron chi connectivity index (χ3n) is 5.99. The molecule has 1 heterocycles. The monoisotopic (exact) mass is 357 g/mol. The van der Waals surface area contributed by atoms with E-state index in [1.54, 1.807) is 0 Å². The van der Waals surface area contributed by atoms with Crippen LogP contribution in [0.4, 0.5) is 0 Å². The van der Waals surface area contributed by atoms with Gasteiger partial charge in [0.1, 0.15) is 0 Å². The average molecular weight is 357 g/mol. The molecule has 6 rings (SSSR count). The first-order valence-electron chi connectivity index (χ1n) is 9.69. The Hall–Kier alpha value is -3.58. The average Bonchev–Trinajstić information content (AvgIpc) is 3.06. The smallest absolute Gasteiger partial charge is 0.0568 e. The summed E-state index contributed by atoms with van der Waals surface area (Å²) in [6.07, 6.45) is 0. The van der Waals surface area contributed by atoms with E-state index in [9.17, 15) is 0 Å². The summed E-state index contributed by atoms with van der Waals surface area (Å²) >= 11 is 0. The first kappa shape index (κ1) is 15.5. The van der Waals surface area contributed by atoms with Crippen molar-refractivity contribution in [2.24, 2.45) is 7.05 Å². The number of aromatic nitrogens is 1. The minimum atomic E-state index is 1.26. The lowest BCUT2D eigenvalue weighted by Gasteiger charge is -2.09. The highest BCUT2D eigenvalue weighted by molar-refractivity contribution is 6.22. The van der Waals surface area contributed by atoms with Crippen LogP contribution < -0.4 is 0 Å². The molecule has 1 aromatic heterocycles. The van der Waals surface area contributed by atoms with Gasteiger partial charge >= 0.3 is 0 Å². The first-order valence-corrected chi connectivity index (χ1v) is 9.69. The van der Waals surface area contributed by atoms with Gasteiger partial charge in [-0.05, 0) is 39.4 Å². The van der Waals surface area contributed by atoms with E-state index in [4.69, 9.17) is 0 Å². The normalized spacial score (nSPS) is 11.8. The topological polar surface area (TPSA) is 4.93 Å². The maximum absolute atomic E-state index is 2.33. The third-order valence-corrected chi connectivity index (χ3v) is 5.99. The van der Waals surface area contributed by atoms with E-state index in [0.29, 0.717) is 0 Å². The lowest BCUT2D eigenvalue weighted by atomic mass is 9.96. The number of aryl methyl sites for hydroxylation is 1. The summed E-state index contributed by atoms with van der Waals surface area (Å²) in [4.78, 5) is 0. The number of para-hydroxylation sites is 1. The Morgan fingerprint density at radius 3 is 2.07 bits per heavy atom. The van der Waals surface area contributed by atoms with Crippen molar-refractivity contribution in [3.63, 3.8) is 0 Å². The fourth-order valence-corrected chi connectivity index (χ4v) is 4.63. The maximum Gasteiger partial charge on any atom is 0.0568 e. The Balaban J connectivity index is 1.69. The van der Waals surface area contributed by atoms with Crippen LogP contribution in [-0.2, 0) is 7.05 Å². The number of fused-ring (bicyclic) bond motifs is 7. The van der Waals surface area contributed by atoms with Gasteiger partial charge in [-0.1, -0.05) is 84.9 Å². The van der Waals surface area contributed by atoms with Crippen molar-refractivity contribution in [3.05, 3.63) is 97.1 Å². The van der Waals surface area contributed by atoms with Crippen molar-refractivity contribution in [1.29, 1.82) is 0 Å². The molecule has 0 fully saturated rings. The molecule has 1 heteroatoms. The van der Waals surface area contributed by atoms with E-state index in [1.807, 2.05) is 0 Å². The predicted molar refractivity (Wildman–Crippen MR) is 121 cm³/mol. The van der Waals surface area contributed by atoms with Crippen LogP contribution in [-0.4, -0.2) is 4.57 Å². The zero-order valence-electron chi connectivity index (χ0n) is 15.7. The molecule has 0 aliphatic heterocycles. The van der Waals surface area contributed by atoms with Crippen LogP contribution in [0.1, 0.15) is 0 Å². The summed E-state index contributed by atoms with van der Waals surface area (Å²) in [7, 11) is 2.17. The summed E-state index contributed by atoms with van der Waals surface area (Å²) in [5, 5.41) is 7.87. The number of rotatable bonds is 1. The van der Waals surface area contributed by atoms with Gasteiger partial charge < -0.3 is 4.57 Å². The molecule has 132 valence electrons. The van der Waals surface area contributed by atoms with E-state index in [-0.39, 0.29) is 0 Å². The van der Waals surface area contributed by atoms with Gasteiger partial charge in [-0.15, -0.1) is 0 Å². The molecular formula is C27H19N. The molecule has 0 saturated carbocycles. The lowest BCUT2D eigenvalue weighted by molar-refractivity contribution is 1.02. The van der Waals surface area contributed by atoms with Crippen molar-refractivity contribution in [1.82, 2.24) is 4.57 Å². The molecule has 5 aromatic carbocycles. The summed E-state index contributed by atoms with van der Waals surface area (Å²) < 4.78 is 2.33. The van der Waals surface area contributed by atoms with Crippen LogP contribution >= 0.6 is 0 Å². The quantitative estimate of drug-likeness (QED) is 0.272. The van der Waals surface area contributed by atoms with Crippen molar-refractivity contribution < 1.29 is 0 Å². The van der Waals surface area contributed by atoms with Crippen molar-refractivity contribution >= 4 is 43.4 Å². The Bertz CT molecular complexity index is 1500. The van der Waals surface area contributed by atoms with E-state index >= 15 is 0 Å². The molecule has 0 saturated heterocycles. The third kappa shape index (κ3) is 2.07. The summed E-state index contributed by atoms with van der Waals surface area (Å²) in [6.45, 7) is 0. The molecule has 28 heavy (non-hydrogen) atoms. The van der Waals surface area contributed by atoms with Gasteiger partial charge in [0, 0.05) is 28.7 Å². The van der Waals surface area contributed by atoms with Gasteiger partial charge in [0.2, 0.25) is 0 Å². The predicted octanol–water partition coefficient (Wildman–Crippen LogP) is 7.30. The fourth-order valence-electron chi connectivity index (χ4n) is 4.63. The summed E-state index contributed by atoms with van der Waals surface area (Å²) in [6, 6.07) is 35.2. The molecule has 0 aliphatic carbocycles. The van der Waals surface area contributed by atoms with Crippen LogP contribution in [0.3, 0.4) is 0 Å². The van der Waals surface area contributed by atoms with Gasteiger partial charge in [-0.25, -0.2) is 0 Å². The zero-order valence-corrected chi connectivity index (χ0v) is 15.7. The second-order valence-electron chi connectivity index (χ2n) is 7.50. The van der Waals surface area contributed by atoms with E-state index in [2.05, 4.69) is 109 Å². The second-order valence-corrected chi connectivity index (χ2v) is 7.50. The van der Waals surface area contributed by atoms with Crippen molar-refractivity contribution in [2.75, 3.05) is 0 Å². The van der Waals surface area contributed by atoms with Crippen LogP contribution in [0.5, 0.6) is 0 Å². The van der Waals surface area contributed by atoms with Crippen LogP contribution in [0.2, 0.25) is 0 Å². The fraction of sp³-hybridized carbons (Fsp3) is 0.0370. The van der Waals surface area contributed by atoms with Gasteiger partial charge in [-0.2, -0.15) is 0 Å². The molecule has 0 bridgehead atoms. The SMILES string of the molecule is Cn1c2ccccc2c2ccc3c4ccc(-c5ccccc5)cc4ccc3c21. The molecule has 0 unspecified atom stereocenters. The highest BCUT2D eigenvalue weighted by atomic mass is 14.9. The van der Waals surface area contributed by atoms with Gasteiger partial charge in [0.25, 0.3) is 0 Å². The summed E-state index contributed by atoms with van der Waals surface area (Å²) in [5.41, 5.74) is 5.11. The lowest BCUT2D eigenvalue weighted by Crippen LogP contribution is -1.88. The highest BCUT2D eigenvalue weighted by Crippen LogP contribution is 2.37. The largest absolute Gasteiger partial charge is 0.343 e. The van der Waals surface area contributed by atoms with Gasteiger partial charge in [-0.3, -0.25) is 0 Å². The number of nitrogens with zero attached hydrogens (tertiary/aromatic N) is 1. The van der Waals surface area contributed by atoms with Gasteiger partial charge in [0.15, 0.2) is 0 Å². The minimum absolute atomic E-state index is 1.26. The molecule has 1 nitrogen and oxygen atoms in total. The Kier molecular flexibility index (Phi) is 3.15. The highest BCUT2D eigenvalue weighted by Gasteiger charge is 2.12. The van der Waals surface area contributed by atoms with Crippen LogP contribution in [0, 0.1) is 0 Å². The molecule has 0 radical (unpaired) electrons. The second kappa shape index (κ2) is 5.71. The molecular weight excluding hydrogens is 338 g/mol. The number of hydrogen-bond acceptors (Lipinski definition) is 0. The Morgan fingerprint density at radius 2 is 1.18 bits per heavy atom. The molecule has 0 N–H and O–H groups in total. The van der Waals surface area contributed by atoms with E-state index < -0.39 is 0 Å². The van der Waals surface area contributed by atoms with Gasteiger partial charge in [0.05, 0.1) is 5.52 Å². The minimum Gasteiger partial charge on any atom is -0.343 e. The molecule has 0 aliphatic rings. The standard InChI is InChI=1S/C27H19N/c1-28-26-10-6-5-9-23(26)25-16-15-22-21-13-11-19(18-7-3-2-4-8-18)17-20(21)12-14-24(22)27(25)28/h2-17H,1H3. The molecule has 0 atom stereocenters. The first-order chi connectivity index (χ1) is 13.8.